The number of carbonyl (C=O) groups is 1. The van der Waals surface area contributed by atoms with Crippen molar-refractivity contribution in [3.8, 4) is 5.75 Å². The highest BCUT2D eigenvalue weighted by Crippen LogP contribution is 2.27. The Kier molecular flexibility index (Phi) is 5.99. The first kappa shape index (κ1) is 20.0. The summed E-state index contributed by atoms with van der Waals surface area (Å²) in [5.41, 5.74) is 1.14. The molecule has 2 aromatic carbocycles. The molecular weight excluding hydrogens is 409 g/mol. The molecule has 8 heteroatoms. The van der Waals surface area contributed by atoms with E-state index < -0.39 is 15.9 Å². The minimum absolute atomic E-state index is 0.0477. The largest absolute Gasteiger partial charge is 0.497 e. The van der Waals surface area contributed by atoms with Crippen molar-refractivity contribution in [2.24, 2.45) is 0 Å². The zero-order valence-electron chi connectivity index (χ0n) is 14.7. The van der Waals surface area contributed by atoms with E-state index in [1.54, 1.807) is 47.4 Å². The van der Waals surface area contributed by atoms with Crippen molar-refractivity contribution >= 4 is 38.9 Å². The monoisotopic (exact) mass is 427 g/mol. The fraction of sp³-hybridized carbons (Fsp3) is 0.316. The molecule has 3 rings (SSSR count). The molecule has 0 bridgehead atoms. The van der Waals surface area contributed by atoms with Crippen LogP contribution in [0.1, 0.15) is 22.3 Å². The van der Waals surface area contributed by atoms with Crippen LogP contribution < -0.4 is 4.74 Å². The first-order chi connectivity index (χ1) is 12.8. The van der Waals surface area contributed by atoms with Gasteiger partial charge in [-0.1, -0.05) is 35.3 Å². The summed E-state index contributed by atoms with van der Waals surface area (Å²) in [7, 11) is -1.62. The summed E-state index contributed by atoms with van der Waals surface area (Å²) < 4.78 is 29.1. The van der Waals surface area contributed by atoms with Crippen LogP contribution in [0.25, 0.3) is 0 Å². The number of amides is 1. The van der Waals surface area contributed by atoms with Gasteiger partial charge in [0, 0.05) is 28.2 Å². The first-order valence-corrected chi connectivity index (χ1v) is 11.0. The molecule has 2 aromatic rings. The molecular formula is C19H19Cl2NO4S. The van der Waals surface area contributed by atoms with Gasteiger partial charge in [-0.15, -0.1) is 0 Å². The van der Waals surface area contributed by atoms with E-state index in [0.717, 1.165) is 0 Å². The van der Waals surface area contributed by atoms with Crippen molar-refractivity contribution in [3.05, 3.63) is 63.6 Å². The molecule has 1 fully saturated rings. The molecule has 27 heavy (non-hydrogen) atoms. The summed E-state index contributed by atoms with van der Waals surface area (Å²) in [6.45, 7) is 0.201. The van der Waals surface area contributed by atoms with Crippen LogP contribution in [0.2, 0.25) is 10.0 Å². The summed E-state index contributed by atoms with van der Waals surface area (Å²) in [6.07, 6.45) is 0.406. The number of ether oxygens (including phenoxy) is 1. The number of carbonyl (C=O) groups excluding carboxylic acids is 1. The van der Waals surface area contributed by atoms with Crippen LogP contribution in [0.3, 0.4) is 0 Å². The van der Waals surface area contributed by atoms with Gasteiger partial charge in [0.05, 0.1) is 18.6 Å². The number of methoxy groups -OCH3 is 1. The van der Waals surface area contributed by atoms with Crippen molar-refractivity contribution in [3.63, 3.8) is 0 Å². The normalized spacial score (nSPS) is 18.3. The smallest absolute Gasteiger partial charge is 0.254 e. The highest BCUT2D eigenvalue weighted by atomic mass is 35.5. The van der Waals surface area contributed by atoms with Crippen LogP contribution in [-0.2, 0) is 16.4 Å². The number of halogens is 2. The molecule has 0 N–H and O–H groups in total. The molecule has 5 nitrogen and oxygen atoms in total. The van der Waals surface area contributed by atoms with Crippen LogP contribution in [0.15, 0.2) is 42.5 Å². The van der Waals surface area contributed by atoms with Gasteiger partial charge in [-0.05, 0) is 42.3 Å². The van der Waals surface area contributed by atoms with Crippen LogP contribution in [0.4, 0.5) is 0 Å². The summed E-state index contributed by atoms with van der Waals surface area (Å²) in [5.74, 6) is 0.327. The minimum atomic E-state index is -3.15. The van der Waals surface area contributed by atoms with E-state index in [1.165, 1.54) is 7.11 Å². The Hall–Kier alpha value is -1.76. The van der Waals surface area contributed by atoms with E-state index >= 15 is 0 Å². The van der Waals surface area contributed by atoms with Crippen LogP contribution in [-0.4, -0.2) is 43.9 Å². The number of nitrogens with zero attached hydrogens (tertiary/aromatic N) is 1. The Morgan fingerprint density at radius 1 is 1.22 bits per heavy atom. The van der Waals surface area contributed by atoms with Crippen LogP contribution in [0.5, 0.6) is 5.75 Å². The van der Waals surface area contributed by atoms with Gasteiger partial charge in [-0.25, -0.2) is 8.42 Å². The van der Waals surface area contributed by atoms with E-state index in [1.807, 2.05) is 0 Å². The molecule has 0 saturated carbocycles. The maximum Gasteiger partial charge on any atom is 0.254 e. The van der Waals surface area contributed by atoms with Crippen LogP contribution >= 0.6 is 23.2 Å². The topological polar surface area (TPSA) is 63.7 Å². The van der Waals surface area contributed by atoms with Crippen molar-refractivity contribution < 1.29 is 17.9 Å². The van der Waals surface area contributed by atoms with Gasteiger partial charge < -0.3 is 9.64 Å². The highest BCUT2D eigenvalue weighted by molar-refractivity contribution is 7.91. The van der Waals surface area contributed by atoms with Crippen molar-refractivity contribution in [1.29, 1.82) is 0 Å². The van der Waals surface area contributed by atoms with Gasteiger partial charge >= 0.3 is 0 Å². The highest BCUT2D eigenvalue weighted by Gasteiger charge is 2.35. The second kappa shape index (κ2) is 8.09. The zero-order chi connectivity index (χ0) is 19.6. The Bertz CT molecular complexity index is 962. The molecule has 1 aliphatic rings. The molecule has 1 aliphatic heterocycles. The second-order valence-electron chi connectivity index (χ2n) is 6.46. The molecule has 1 amide bonds. The molecule has 144 valence electrons. The molecule has 0 radical (unpaired) electrons. The van der Waals surface area contributed by atoms with Crippen molar-refractivity contribution in [2.45, 2.75) is 19.0 Å². The van der Waals surface area contributed by atoms with E-state index in [0.29, 0.717) is 33.3 Å². The molecule has 1 unspecified atom stereocenters. The lowest BCUT2D eigenvalue weighted by Gasteiger charge is -2.29. The average Bonchev–Trinajstić information content (AvgIpc) is 3.00. The lowest BCUT2D eigenvalue weighted by atomic mass is 10.1. The van der Waals surface area contributed by atoms with Gasteiger partial charge in [0.1, 0.15) is 5.75 Å². The van der Waals surface area contributed by atoms with Gasteiger partial charge in [0.2, 0.25) is 0 Å². The average molecular weight is 428 g/mol. The van der Waals surface area contributed by atoms with Crippen molar-refractivity contribution in [1.82, 2.24) is 4.90 Å². The third kappa shape index (κ3) is 4.75. The zero-order valence-corrected chi connectivity index (χ0v) is 17.0. The summed E-state index contributed by atoms with van der Waals surface area (Å²) in [6, 6.07) is 11.5. The molecule has 1 heterocycles. The summed E-state index contributed by atoms with van der Waals surface area (Å²) in [4.78, 5) is 14.8. The lowest BCUT2D eigenvalue weighted by molar-refractivity contribution is 0.0680. The molecule has 1 saturated heterocycles. The lowest BCUT2D eigenvalue weighted by Crippen LogP contribution is -2.40. The van der Waals surface area contributed by atoms with Gasteiger partial charge in [-0.3, -0.25) is 4.79 Å². The third-order valence-electron chi connectivity index (χ3n) is 4.58. The van der Waals surface area contributed by atoms with E-state index in [2.05, 4.69) is 0 Å². The predicted molar refractivity (Wildman–Crippen MR) is 106 cm³/mol. The van der Waals surface area contributed by atoms with Gasteiger partial charge in [0.15, 0.2) is 9.84 Å². The minimum Gasteiger partial charge on any atom is -0.497 e. The first-order valence-electron chi connectivity index (χ1n) is 8.38. The number of hydrogen-bond acceptors (Lipinski definition) is 4. The molecule has 0 aromatic heterocycles. The number of benzene rings is 2. The SMILES string of the molecule is COc1cccc(C(=O)N(Cc2ccc(Cl)cc2Cl)C2CCS(=O)(=O)C2)c1. The Morgan fingerprint density at radius 3 is 2.63 bits per heavy atom. The molecule has 0 spiro atoms. The standard InChI is InChI=1S/C19H19Cl2NO4S/c1-26-17-4-2-3-13(9-17)19(23)22(16-7-8-27(24,25)12-16)11-14-5-6-15(20)10-18(14)21/h2-6,9-10,16H,7-8,11-12H2,1H3. The summed E-state index contributed by atoms with van der Waals surface area (Å²) >= 11 is 12.2. The predicted octanol–water partition coefficient (Wildman–Crippen LogP) is 3.83. The fourth-order valence-corrected chi connectivity index (χ4v) is 5.34. The third-order valence-corrected chi connectivity index (χ3v) is 6.92. The summed E-state index contributed by atoms with van der Waals surface area (Å²) in [5, 5.41) is 0.935. The Morgan fingerprint density at radius 2 is 2.00 bits per heavy atom. The molecule has 1 atom stereocenters. The number of hydrogen-bond donors (Lipinski definition) is 0. The maximum absolute atomic E-state index is 13.2. The van der Waals surface area contributed by atoms with Gasteiger partial charge in [-0.2, -0.15) is 0 Å². The Labute approximate surface area is 168 Å². The van der Waals surface area contributed by atoms with E-state index in [-0.39, 0.29) is 24.0 Å². The van der Waals surface area contributed by atoms with Gasteiger partial charge in [0.25, 0.3) is 5.91 Å². The quantitative estimate of drug-likeness (QED) is 0.726. The fourth-order valence-electron chi connectivity index (χ4n) is 3.14. The molecule has 0 aliphatic carbocycles. The van der Waals surface area contributed by atoms with E-state index in [9.17, 15) is 13.2 Å². The maximum atomic E-state index is 13.2. The van der Waals surface area contributed by atoms with Crippen molar-refractivity contribution in [2.75, 3.05) is 18.6 Å². The van der Waals surface area contributed by atoms with E-state index in [4.69, 9.17) is 27.9 Å². The number of sulfone groups is 1. The Balaban J connectivity index is 1.95. The second-order valence-corrected chi connectivity index (χ2v) is 9.53. The number of rotatable bonds is 5. The van der Waals surface area contributed by atoms with Crippen LogP contribution in [0, 0.1) is 0 Å².